The summed E-state index contributed by atoms with van der Waals surface area (Å²) in [7, 11) is -2.38. The molecule has 0 spiro atoms. The number of thiocarbonyl (C=S) groups is 1. The normalized spacial score (nSPS) is 11.5. The van der Waals surface area contributed by atoms with Gasteiger partial charge in [-0.15, -0.1) is 5.10 Å². The largest absolute Gasteiger partial charge is 0.434 e. The molecule has 0 bridgehead atoms. The maximum absolute atomic E-state index is 11.6. The Morgan fingerprint density at radius 1 is 1.18 bits per heavy atom. The zero-order valence-corrected chi connectivity index (χ0v) is 19.6. The number of aromatic amines is 1. The number of benzene rings is 2. The fraction of sp³-hybridized carbons (Fsp3) is 0.100. The Kier molecular flexibility index (Phi) is 6.58. The van der Waals surface area contributed by atoms with E-state index in [0.717, 1.165) is 10.6 Å². The number of nitrogens with two attached hydrogens (primary N) is 1. The topological polar surface area (TPSA) is 151 Å². The molecule has 2 heterocycles. The molecule has 0 radical (unpaired) electrons. The third-order valence-corrected chi connectivity index (χ3v) is 7.03. The summed E-state index contributed by atoms with van der Waals surface area (Å²) in [5.41, 5.74) is 2.95. The second-order valence-electron chi connectivity index (χ2n) is 6.84. The summed E-state index contributed by atoms with van der Waals surface area (Å²) in [6.07, 6.45) is 0. The van der Waals surface area contributed by atoms with Gasteiger partial charge in [-0.1, -0.05) is 71.7 Å². The van der Waals surface area contributed by atoms with Gasteiger partial charge < -0.3 is 4.42 Å². The van der Waals surface area contributed by atoms with Crippen molar-refractivity contribution in [3.8, 4) is 34.2 Å². The minimum atomic E-state index is -3.82. The number of nitrogens with one attached hydrogen (secondary N) is 1. The first-order valence-corrected chi connectivity index (χ1v) is 12.4. The van der Waals surface area contributed by atoms with E-state index in [2.05, 4.69) is 20.4 Å². The minimum absolute atomic E-state index is 0.00173. The molecule has 0 aliphatic heterocycles. The van der Waals surface area contributed by atoms with Crippen molar-refractivity contribution in [1.29, 1.82) is 0 Å². The van der Waals surface area contributed by atoms with E-state index in [0.29, 0.717) is 34.2 Å². The number of hydrogen-bond acceptors (Lipinski definition) is 9. The molecule has 0 saturated carbocycles. The van der Waals surface area contributed by atoms with Gasteiger partial charge in [-0.25, -0.2) is 23.6 Å². The first-order chi connectivity index (χ1) is 15.7. The number of nitrogens with zero attached hydrogens (tertiary/aromatic N) is 4. The van der Waals surface area contributed by atoms with E-state index >= 15 is 0 Å². The predicted molar refractivity (Wildman–Crippen MR) is 128 cm³/mol. The van der Waals surface area contributed by atoms with Crippen LogP contribution in [0.3, 0.4) is 0 Å². The lowest BCUT2D eigenvalue weighted by atomic mass is 10.1. The van der Waals surface area contributed by atoms with Crippen molar-refractivity contribution in [3.63, 3.8) is 0 Å². The van der Waals surface area contributed by atoms with Gasteiger partial charge in [0, 0.05) is 23.9 Å². The molecule has 0 aliphatic rings. The molecule has 0 unspecified atom stereocenters. The quantitative estimate of drug-likeness (QED) is 0.265. The van der Waals surface area contributed by atoms with Crippen molar-refractivity contribution in [2.75, 3.05) is 7.05 Å². The number of oxazole rings is 1. The number of rotatable bonds is 6. The molecule has 170 valence electrons. The lowest BCUT2D eigenvalue weighted by Crippen LogP contribution is -2.17. The van der Waals surface area contributed by atoms with Crippen molar-refractivity contribution in [2.45, 2.75) is 10.6 Å². The van der Waals surface area contributed by atoms with Crippen molar-refractivity contribution in [3.05, 3.63) is 60.3 Å². The second kappa shape index (κ2) is 9.41. The van der Waals surface area contributed by atoms with E-state index in [1.54, 1.807) is 12.1 Å². The molecule has 2 aromatic heterocycles. The second-order valence-corrected chi connectivity index (χ2v) is 10.0. The molecule has 0 aliphatic carbocycles. The summed E-state index contributed by atoms with van der Waals surface area (Å²) in [5.74, 6) is 1.08. The Hall–Kier alpha value is -3.10. The van der Waals surface area contributed by atoms with Crippen molar-refractivity contribution < 1.29 is 18.0 Å². The Balaban J connectivity index is 1.76. The van der Waals surface area contributed by atoms with Crippen LogP contribution in [-0.2, 0) is 15.8 Å². The molecule has 0 saturated heterocycles. The summed E-state index contributed by atoms with van der Waals surface area (Å²) < 4.78 is 29.6. The zero-order chi connectivity index (χ0) is 23.6. The van der Waals surface area contributed by atoms with Crippen LogP contribution in [0.5, 0.6) is 0 Å². The van der Waals surface area contributed by atoms with Gasteiger partial charge in [-0.2, -0.15) is 0 Å². The summed E-state index contributed by atoms with van der Waals surface area (Å²) in [6.45, 7) is 0. The lowest BCUT2D eigenvalue weighted by molar-refractivity contribution is 0.0205. The molecular weight excluding hydrogens is 484 g/mol. The fourth-order valence-electron chi connectivity index (χ4n) is 2.96. The zero-order valence-electron chi connectivity index (χ0n) is 17.2. The third-order valence-electron chi connectivity index (χ3n) is 4.55. The summed E-state index contributed by atoms with van der Waals surface area (Å²) in [4.78, 5) is 4.65. The van der Waals surface area contributed by atoms with E-state index in [-0.39, 0.29) is 15.1 Å². The molecular formula is C20H18N6O4S3. The van der Waals surface area contributed by atoms with Gasteiger partial charge in [0.2, 0.25) is 15.9 Å². The predicted octanol–water partition coefficient (Wildman–Crippen LogP) is 3.28. The van der Waals surface area contributed by atoms with Gasteiger partial charge in [0.25, 0.3) is 0 Å². The number of hydrogen-bond donors (Lipinski definition) is 3. The molecule has 4 N–H and O–H groups in total. The van der Waals surface area contributed by atoms with E-state index in [4.69, 9.17) is 21.8 Å². The Morgan fingerprint density at radius 3 is 2.52 bits per heavy atom. The summed E-state index contributed by atoms with van der Waals surface area (Å²) in [6, 6.07) is 15.5. The van der Waals surface area contributed by atoms with Gasteiger partial charge in [-0.3, -0.25) is 10.3 Å². The Labute approximate surface area is 198 Å². The van der Waals surface area contributed by atoms with Gasteiger partial charge in [-0.05, 0) is 12.1 Å². The molecule has 33 heavy (non-hydrogen) atoms. The van der Waals surface area contributed by atoms with E-state index in [1.807, 2.05) is 30.3 Å². The average Bonchev–Trinajstić information content (AvgIpc) is 3.44. The van der Waals surface area contributed by atoms with Crippen LogP contribution in [0.2, 0.25) is 0 Å². The fourth-order valence-corrected chi connectivity index (χ4v) is 4.30. The molecule has 4 aromatic rings. The van der Waals surface area contributed by atoms with E-state index in [1.165, 1.54) is 30.9 Å². The van der Waals surface area contributed by atoms with Crippen LogP contribution in [0.15, 0.2) is 63.9 Å². The van der Waals surface area contributed by atoms with E-state index in [9.17, 15) is 13.6 Å². The third kappa shape index (κ3) is 5.12. The van der Waals surface area contributed by atoms with E-state index < -0.39 is 10.0 Å². The highest BCUT2D eigenvalue weighted by Crippen LogP contribution is 2.36. The number of H-pyrrole nitrogens is 1. The van der Waals surface area contributed by atoms with Crippen molar-refractivity contribution >= 4 is 38.3 Å². The highest BCUT2D eigenvalue weighted by Gasteiger charge is 2.22. The maximum Gasteiger partial charge on any atom is 0.247 e. The van der Waals surface area contributed by atoms with Gasteiger partial charge >= 0.3 is 0 Å². The number of thioether (sulfide) groups is 1. The van der Waals surface area contributed by atoms with Crippen LogP contribution in [0.25, 0.3) is 34.2 Å². The first-order valence-electron chi connectivity index (χ1n) is 9.43. The van der Waals surface area contributed by atoms with Crippen LogP contribution in [-0.4, -0.2) is 50.5 Å². The van der Waals surface area contributed by atoms with Crippen LogP contribution in [0.1, 0.15) is 5.69 Å². The maximum atomic E-state index is 11.6. The lowest BCUT2D eigenvalue weighted by Gasteiger charge is -2.09. The SMILES string of the molecule is CN(O)C(=S)SCc1nn[nH]c1-c1nc(-c2ccc(S(N)(=O)=O)cc2)c(-c2ccccc2)o1. The van der Waals surface area contributed by atoms with Crippen LogP contribution in [0.4, 0.5) is 0 Å². The molecule has 0 fully saturated rings. The highest BCUT2D eigenvalue weighted by atomic mass is 32.2. The number of aromatic nitrogens is 4. The van der Waals surface area contributed by atoms with Crippen LogP contribution >= 0.6 is 24.0 Å². The molecule has 4 rings (SSSR count). The monoisotopic (exact) mass is 502 g/mol. The van der Waals surface area contributed by atoms with Gasteiger partial charge in [0.05, 0.1) is 4.90 Å². The smallest absolute Gasteiger partial charge is 0.247 e. The van der Waals surface area contributed by atoms with Gasteiger partial charge in [0.1, 0.15) is 17.1 Å². The number of primary sulfonamides is 1. The highest BCUT2D eigenvalue weighted by molar-refractivity contribution is 8.22. The minimum Gasteiger partial charge on any atom is -0.434 e. The van der Waals surface area contributed by atoms with Crippen molar-refractivity contribution in [1.82, 2.24) is 25.5 Å². The summed E-state index contributed by atoms with van der Waals surface area (Å²) in [5, 5.41) is 26.2. The molecule has 13 heteroatoms. The first kappa shape index (κ1) is 23.1. The average molecular weight is 503 g/mol. The standard InChI is InChI=1S/C20H18N6O4S3/c1-26(27)20(31)32-11-15-17(24-25-23-15)19-22-16(18(30-19)13-5-3-2-4-6-13)12-7-9-14(10-8-12)33(21,28)29/h2-10,27H,11H2,1H3,(H2,21,28,29)(H,23,24,25). The Bertz CT molecular complexity index is 1380. The molecule has 0 atom stereocenters. The van der Waals surface area contributed by atoms with Crippen LogP contribution < -0.4 is 5.14 Å². The molecule has 2 aromatic carbocycles. The Morgan fingerprint density at radius 2 is 1.88 bits per heavy atom. The number of hydroxylamine groups is 2. The summed E-state index contributed by atoms with van der Waals surface area (Å²) >= 11 is 6.30. The molecule has 10 nitrogen and oxygen atoms in total. The number of sulfonamides is 1. The van der Waals surface area contributed by atoms with Crippen molar-refractivity contribution in [2.24, 2.45) is 5.14 Å². The molecule has 0 amide bonds. The van der Waals surface area contributed by atoms with Crippen LogP contribution in [0, 0.1) is 0 Å². The van der Waals surface area contributed by atoms with Gasteiger partial charge in [0.15, 0.2) is 10.1 Å².